The zero-order valence-corrected chi connectivity index (χ0v) is 14.1. The van der Waals surface area contributed by atoms with E-state index in [-0.39, 0.29) is 16.8 Å². The standard InChI is InChI=1S/C17H16N4O2S/c1-11-10-13(8-9-15(11)22)16(23)12(2)24-17-18-19-20-21(17)14-6-4-3-5-7-14/h3-10,12,22H,1-2H3/t12-/m0/s1. The number of thioether (sulfide) groups is 1. The van der Waals surface area contributed by atoms with E-state index in [1.54, 1.807) is 23.7 Å². The molecule has 0 bridgehead atoms. The molecular formula is C17H16N4O2S. The van der Waals surface area contributed by atoms with E-state index in [9.17, 15) is 9.90 Å². The predicted octanol–water partition coefficient (Wildman–Crippen LogP) is 3.04. The molecule has 0 fully saturated rings. The van der Waals surface area contributed by atoms with Gasteiger partial charge in [-0.15, -0.1) is 5.10 Å². The fourth-order valence-electron chi connectivity index (χ4n) is 2.24. The second-order valence-electron chi connectivity index (χ2n) is 5.33. The number of hydrogen-bond donors (Lipinski definition) is 1. The number of hydrogen-bond acceptors (Lipinski definition) is 6. The lowest BCUT2D eigenvalue weighted by atomic mass is 10.1. The Morgan fingerprint density at radius 2 is 1.96 bits per heavy atom. The number of rotatable bonds is 5. The van der Waals surface area contributed by atoms with Gasteiger partial charge in [-0.1, -0.05) is 30.0 Å². The summed E-state index contributed by atoms with van der Waals surface area (Å²) in [6.45, 7) is 3.58. The third kappa shape index (κ3) is 3.30. The van der Waals surface area contributed by atoms with Crippen LogP contribution in [0.5, 0.6) is 5.75 Å². The molecule has 1 aromatic heterocycles. The van der Waals surface area contributed by atoms with Crippen LogP contribution >= 0.6 is 11.8 Å². The predicted molar refractivity (Wildman–Crippen MR) is 91.6 cm³/mol. The minimum atomic E-state index is -0.359. The Hall–Kier alpha value is -2.67. The van der Waals surface area contributed by atoms with Gasteiger partial charge in [-0.05, 0) is 60.2 Å². The Kier molecular flexibility index (Phi) is 4.61. The summed E-state index contributed by atoms with van der Waals surface area (Å²) >= 11 is 1.30. The molecule has 3 rings (SSSR count). The van der Waals surface area contributed by atoms with Crippen molar-refractivity contribution in [3.8, 4) is 11.4 Å². The molecule has 0 aliphatic carbocycles. The minimum absolute atomic E-state index is 0.0364. The van der Waals surface area contributed by atoms with E-state index >= 15 is 0 Å². The number of nitrogens with zero attached hydrogens (tertiary/aromatic N) is 4. The van der Waals surface area contributed by atoms with Gasteiger partial charge in [-0.25, -0.2) is 0 Å². The maximum absolute atomic E-state index is 12.6. The van der Waals surface area contributed by atoms with Crippen molar-refractivity contribution in [3.63, 3.8) is 0 Å². The molecule has 7 heteroatoms. The molecule has 0 aliphatic heterocycles. The van der Waals surface area contributed by atoms with Crippen LogP contribution in [0, 0.1) is 6.92 Å². The first-order valence-corrected chi connectivity index (χ1v) is 8.28. The second-order valence-corrected chi connectivity index (χ2v) is 6.64. The van der Waals surface area contributed by atoms with E-state index in [0.29, 0.717) is 16.3 Å². The molecule has 0 saturated carbocycles. The van der Waals surface area contributed by atoms with Crippen LogP contribution in [0.4, 0.5) is 0 Å². The summed E-state index contributed by atoms with van der Waals surface area (Å²) in [6, 6.07) is 14.4. The number of phenolic OH excluding ortho intramolecular Hbond substituents is 1. The van der Waals surface area contributed by atoms with Gasteiger partial charge in [0.25, 0.3) is 0 Å². The van der Waals surface area contributed by atoms with Gasteiger partial charge in [0.15, 0.2) is 5.78 Å². The van der Waals surface area contributed by atoms with E-state index in [1.165, 1.54) is 17.8 Å². The van der Waals surface area contributed by atoms with Gasteiger partial charge < -0.3 is 5.11 Å². The topological polar surface area (TPSA) is 80.9 Å². The highest BCUT2D eigenvalue weighted by molar-refractivity contribution is 8.00. The molecule has 2 aromatic carbocycles. The van der Waals surface area contributed by atoms with Crippen molar-refractivity contribution in [2.75, 3.05) is 0 Å². The summed E-state index contributed by atoms with van der Waals surface area (Å²) in [7, 11) is 0. The number of phenols is 1. The smallest absolute Gasteiger partial charge is 0.214 e. The maximum atomic E-state index is 12.6. The van der Waals surface area contributed by atoms with Crippen molar-refractivity contribution in [3.05, 3.63) is 59.7 Å². The lowest BCUT2D eigenvalue weighted by Crippen LogP contribution is -2.15. The molecule has 0 aliphatic rings. The van der Waals surface area contributed by atoms with Gasteiger partial charge in [0.1, 0.15) is 5.75 Å². The van der Waals surface area contributed by atoms with Crippen molar-refractivity contribution in [1.29, 1.82) is 0 Å². The Morgan fingerprint density at radius 1 is 1.21 bits per heavy atom. The average Bonchev–Trinajstić information content (AvgIpc) is 3.05. The highest BCUT2D eigenvalue weighted by Crippen LogP contribution is 2.26. The highest BCUT2D eigenvalue weighted by Gasteiger charge is 2.21. The van der Waals surface area contributed by atoms with Crippen LogP contribution in [-0.4, -0.2) is 36.3 Å². The monoisotopic (exact) mass is 340 g/mol. The molecule has 0 radical (unpaired) electrons. The Balaban J connectivity index is 1.80. The van der Waals surface area contributed by atoms with Gasteiger partial charge in [0.2, 0.25) is 5.16 Å². The number of para-hydroxylation sites is 1. The molecule has 0 spiro atoms. The normalized spacial score (nSPS) is 12.1. The van der Waals surface area contributed by atoms with Crippen molar-refractivity contribution in [1.82, 2.24) is 20.2 Å². The molecule has 1 heterocycles. The van der Waals surface area contributed by atoms with Crippen LogP contribution in [-0.2, 0) is 0 Å². The van der Waals surface area contributed by atoms with E-state index in [1.807, 2.05) is 37.3 Å². The summed E-state index contributed by atoms with van der Waals surface area (Å²) in [5.74, 6) is 0.144. The average molecular weight is 340 g/mol. The van der Waals surface area contributed by atoms with E-state index in [4.69, 9.17) is 0 Å². The Morgan fingerprint density at radius 3 is 2.67 bits per heavy atom. The summed E-state index contributed by atoms with van der Waals surface area (Å²) in [5, 5.41) is 21.5. The molecule has 1 N–H and O–H groups in total. The summed E-state index contributed by atoms with van der Waals surface area (Å²) in [6.07, 6.45) is 0. The molecule has 0 saturated heterocycles. The third-order valence-corrected chi connectivity index (χ3v) is 4.61. The molecule has 3 aromatic rings. The molecule has 0 unspecified atom stereocenters. The molecule has 24 heavy (non-hydrogen) atoms. The number of aryl methyl sites for hydroxylation is 1. The van der Waals surface area contributed by atoms with Crippen LogP contribution in [0.3, 0.4) is 0 Å². The van der Waals surface area contributed by atoms with Gasteiger partial charge in [-0.3, -0.25) is 4.79 Å². The van der Waals surface area contributed by atoms with Crippen molar-refractivity contribution in [2.24, 2.45) is 0 Å². The van der Waals surface area contributed by atoms with Crippen LogP contribution in [0.15, 0.2) is 53.7 Å². The quantitative estimate of drug-likeness (QED) is 0.568. The largest absolute Gasteiger partial charge is 0.508 e. The number of benzene rings is 2. The first-order valence-electron chi connectivity index (χ1n) is 7.40. The zero-order chi connectivity index (χ0) is 17.1. The number of carbonyl (C=O) groups is 1. The Labute approximate surface area is 143 Å². The first-order chi connectivity index (χ1) is 11.6. The maximum Gasteiger partial charge on any atom is 0.214 e. The summed E-state index contributed by atoms with van der Waals surface area (Å²) in [4.78, 5) is 12.6. The van der Waals surface area contributed by atoms with Crippen molar-refractivity contribution < 1.29 is 9.90 Å². The molecule has 0 amide bonds. The summed E-state index contributed by atoms with van der Waals surface area (Å²) < 4.78 is 1.61. The fourth-order valence-corrected chi connectivity index (χ4v) is 3.12. The number of aromatic nitrogens is 4. The van der Waals surface area contributed by atoms with Crippen LogP contribution in [0.25, 0.3) is 5.69 Å². The molecule has 1 atom stereocenters. The fraction of sp³-hybridized carbons (Fsp3) is 0.176. The van der Waals surface area contributed by atoms with Crippen LogP contribution in [0.2, 0.25) is 0 Å². The van der Waals surface area contributed by atoms with Crippen LogP contribution < -0.4 is 0 Å². The molecule has 122 valence electrons. The third-order valence-electron chi connectivity index (χ3n) is 3.57. The zero-order valence-electron chi connectivity index (χ0n) is 13.2. The lowest BCUT2D eigenvalue weighted by Gasteiger charge is -2.11. The highest BCUT2D eigenvalue weighted by atomic mass is 32.2. The van der Waals surface area contributed by atoms with Gasteiger partial charge in [-0.2, -0.15) is 4.68 Å². The van der Waals surface area contributed by atoms with Crippen molar-refractivity contribution >= 4 is 17.5 Å². The molecule has 6 nitrogen and oxygen atoms in total. The van der Waals surface area contributed by atoms with E-state index in [2.05, 4.69) is 15.5 Å². The number of ketones is 1. The second kappa shape index (κ2) is 6.84. The van der Waals surface area contributed by atoms with Gasteiger partial charge >= 0.3 is 0 Å². The number of carbonyl (C=O) groups excluding carboxylic acids is 1. The van der Waals surface area contributed by atoms with Gasteiger partial charge in [0, 0.05) is 5.56 Å². The SMILES string of the molecule is Cc1cc(C(=O)[C@H](C)Sc2nnnn2-c2ccccc2)ccc1O. The number of aromatic hydroxyl groups is 1. The Bertz CT molecular complexity index is 864. The number of tetrazole rings is 1. The number of Topliss-reactive ketones (excluding diaryl/α,β-unsaturated/α-hetero) is 1. The minimum Gasteiger partial charge on any atom is -0.508 e. The van der Waals surface area contributed by atoms with Gasteiger partial charge in [0.05, 0.1) is 10.9 Å². The summed E-state index contributed by atoms with van der Waals surface area (Å²) in [5.41, 5.74) is 2.07. The van der Waals surface area contributed by atoms with E-state index in [0.717, 1.165) is 5.69 Å². The van der Waals surface area contributed by atoms with E-state index < -0.39 is 0 Å². The van der Waals surface area contributed by atoms with Crippen LogP contribution in [0.1, 0.15) is 22.8 Å². The first kappa shape index (κ1) is 16.2. The van der Waals surface area contributed by atoms with Crippen molar-refractivity contribution in [2.45, 2.75) is 24.3 Å². The lowest BCUT2D eigenvalue weighted by molar-refractivity contribution is 0.0993. The molecular weight excluding hydrogens is 324 g/mol.